The number of amides is 1. The molecule has 0 aliphatic heterocycles. The van der Waals surface area contributed by atoms with Gasteiger partial charge in [-0.25, -0.2) is 0 Å². The van der Waals surface area contributed by atoms with Crippen LogP contribution >= 0.6 is 0 Å². The van der Waals surface area contributed by atoms with E-state index < -0.39 is 37.2 Å². The summed E-state index contributed by atoms with van der Waals surface area (Å²) in [7, 11) is -9.50. The molecule has 2 atom stereocenters. The standard InChI is InChI=1S/C25H21N3O7S2/c26-21-7-8-23(20-11-18(12-22(27)15-20)3-1-2-10-28-16-29)19(14-21)6-4-17-5-9-24(36(30,31)32)25(13-17)37(33,34)35/h5,7-8,11-12,14-16,24-25H,9,13,26-27H2,(H,28,29)(H,30,31,32)(H,33,34,35)/t24-,25+/m0/s1. The van der Waals surface area contributed by atoms with Crippen LogP contribution in [-0.4, -0.2) is 42.9 Å². The maximum atomic E-state index is 11.8. The van der Waals surface area contributed by atoms with Gasteiger partial charge >= 0.3 is 0 Å². The van der Waals surface area contributed by atoms with Crippen LogP contribution in [0.4, 0.5) is 11.4 Å². The molecule has 1 aliphatic carbocycles. The Balaban J connectivity index is 2.01. The maximum absolute atomic E-state index is 11.8. The highest BCUT2D eigenvalue weighted by Gasteiger charge is 2.42. The molecule has 10 nitrogen and oxygen atoms in total. The molecule has 0 fully saturated rings. The van der Waals surface area contributed by atoms with Crippen molar-refractivity contribution in [2.75, 3.05) is 11.5 Å². The summed E-state index contributed by atoms with van der Waals surface area (Å²) >= 11 is 0. The van der Waals surface area contributed by atoms with E-state index in [0.717, 1.165) is 0 Å². The third-order valence-electron chi connectivity index (χ3n) is 5.33. The second-order valence-electron chi connectivity index (χ2n) is 7.94. The minimum atomic E-state index is -4.78. The summed E-state index contributed by atoms with van der Waals surface area (Å²) in [6.07, 6.45) is 1.11. The van der Waals surface area contributed by atoms with Gasteiger partial charge in [-0.15, -0.1) is 0 Å². The fourth-order valence-electron chi connectivity index (χ4n) is 3.70. The number of rotatable bonds is 4. The van der Waals surface area contributed by atoms with Crippen molar-refractivity contribution in [1.29, 1.82) is 0 Å². The smallest absolute Gasteiger partial charge is 0.269 e. The van der Waals surface area contributed by atoms with E-state index in [9.17, 15) is 30.7 Å². The lowest BCUT2D eigenvalue weighted by atomic mass is 9.95. The van der Waals surface area contributed by atoms with Gasteiger partial charge in [0.05, 0.1) is 0 Å². The van der Waals surface area contributed by atoms with Crippen LogP contribution in [0.5, 0.6) is 0 Å². The molecule has 0 aromatic heterocycles. The van der Waals surface area contributed by atoms with E-state index >= 15 is 0 Å². The van der Waals surface area contributed by atoms with E-state index in [2.05, 4.69) is 41.0 Å². The molecule has 7 N–H and O–H groups in total. The zero-order valence-electron chi connectivity index (χ0n) is 19.1. The monoisotopic (exact) mass is 539 g/mol. The summed E-state index contributed by atoms with van der Waals surface area (Å²) in [5, 5.41) is -1.28. The van der Waals surface area contributed by atoms with Gasteiger partial charge in [0.1, 0.15) is 10.5 Å². The lowest BCUT2D eigenvalue weighted by Gasteiger charge is -2.25. The van der Waals surface area contributed by atoms with Crippen molar-refractivity contribution in [2.45, 2.75) is 23.3 Å². The fraction of sp³-hybridized carbons (Fsp3) is 0.160. The molecule has 0 heterocycles. The van der Waals surface area contributed by atoms with E-state index in [0.29, 0.717) is 40.0 Å². The number of allylic oxidation sites excluding steroid dienone is 2. The van der Waals surface area contributed by atoms with Crippen molar-refractivity contribution in [1.82, 2.24) is 5.32 Å². The Labute approximate surface area is 214 Å². The second-order valence-corrected chi connectivity index (χ2v) is 11.2. The lowest BCUT2D eigenvalue weighted by molar-refractivity contribution is -0.108. The topological polar surface area (TPSA) is 190 Å². The molecule has 1 aliphatic rings. The first-order chi connectivity index (χ1) is 17.4. The quantitative estimate of drug-likeness (QED) is 0.125. The van der Waals surface area contributed by atoms with Crippen LogP contribution in [0.2, 0.25) is 0 Å². The Morgan fingerprint density at radius 3 is 2.30 bits per heavy atom. The van der Waals surface area contributed by atoms with Crippen LogP contribution in [0.1, 0.15) is 24.0 Å². The van der Waals surface area contributed by atoms with Crippen molar-refractivity contribution in [3.05, 3.63) is 59.2 Å². The molecule has 2 aromatic rings. The van der Waals surface area contributed by atoms with Crippen LogP contribution in [0.25, 0.3) is 11.1 Å². The summed E-state index contributed by atoms with van der Waals surface area (Å²) in [5.41, 5.74) is 15.4. The maximum Gasteiger partial charge on any atom is 0.269 e. The molecule has 190 valence electrons. The zero-order valence-corrected chi connectivity index (χ0v) is 20.7. The van der Waals surface area contributed by atoms with Crippen LogP contribution in [-0.2, 0) is 25.0 Å². The summed E-state index contributed by atoms with van der Waals surface area (Å²) in [4.78, 5) is 10.2. The van der Waals surface area contributed by atoms with Crippen molar-refractivity contribution in [3.8, 4) is 46.8 Å². The number of benzene rings is 2. The van der Waals surface area contributed by atoms with Crippen molar-refractivity contribution >= 4 is 38.0 Å². The predicted molar refractivity (Wildman–Crippen MR) is 139 cm³/mol. The third kappa shape index (κ3) is 7.37. The molecule has 0 spiro atoms. The summed E-state index contributed by atoms with van der Waals surface area (Å²) < 4.78 is 65.6. The summed E-state index contributed by atoms with van der Waals surface area (Å²) in [6.45, 7) is 0. The van der Waals surface area contributed by atoms with Gasteiger partial charge in [-0.05, 0) is 59.4 Å². The number of nitrogen functional groups attached to an aromatic ring is 2. The molecule has 12 heteroatoms. The van der Waals surface area contributed by atoms with E-state index in [1.165, 1.54) is 6.08 Å². The highest BCUT2D eigenvalue weighted by molar-refractivity contribution is 7.90. The van der Waals surface area contributed by atoms with Gasteiger partial charge in [-0.2, -0.15) is 16.8 Å². The Hall–Kier alpha value is -4.25. The minimum Gasteiger partial charge on any atom is -0.399 e. The molecule has 2 aromatic carbocycles. The molecular formula is C25H21N3O7S2. The average Bonchev–Trinajstić information content (AvgIpc) is 2.81. The molecule has 37 heavy (non-hydrogen) atoms. The van der Waals surface area contributed by atoms with Crippen LogP contribution < -0.4 is 16.8 Å². The van der Waals surface area contributed by atoms with Crippen LogP contribution in [0.15, 0.2) is 48.0 Å². The van der Waals surface area contributed by atoms with E-state index in [1.807, 2.05) is 0 Å². The van der Waals surface area contributed by atoms with Gasteiger partial charge < -0.3 is 11.5 Å². The van der Waals surface area contributed by atoms with E-state index in [-0.39, 0.29) is 12.0 Å². The summed E-state index contributed by atoms with van der Waals surface area (Å²) in [5.74, 6) is 13.6. The SMILES string of the molecule is Nc1cc(C#CC#CNC=O)cc(-c2ccc(N)cc2C#CC2=CC[C@H](S(=O)(=O)O)[C@H](S(=O)(=O)O)C2)c1. The molecule has 0 radical (unpaired) electrons. The highest BCUT2D eigenvalue weighted by atomic mass is 32.2. The van der Waals surface area contributed by atoms with Crippen molar-refractivity contribution in [2.24, 2.45) is 0 Å². The number of carbonyl (C=O) groups is 1. The molecular weight excluding hydrogens is 518 g/mol. The normalized spacial score (nSPS) is 17.0. The van der Waals surface area contributed by atoms with E-state index in [4.69, 9.17) is 11.5 Å². The zero-order chi connectivity index (χ0) is 27.2. The Kier molecular flexibility index (Phi) is 8.28. The number of hydrogen-bond acceptors (Lipinski definition) is 7. The van der Waals surface area contributed by atoms with Crippen LogP contribution in [0, 0.1) is 35.6 Å². The molecule has 0 unspecified atom stereocenters. The second kappa shape index (κ2) is 11.2. The first-order valence-corrected chi connectivity index (χ1v) is 13.5. The largest absolute Gasteiger partial charge is 0.399 e. The molecule has 0 saturated carbocycles. The molecule has 1 amide bonds. The number of carbonyl (C=O) groups excluding carboxylic acids is 1. The average molecular weight is 540 g/mol. The van der Waals surface area contributed by atoms with Gasteiger partial charge in [0, 0.05) is 40.9 Å². The molecule has 0 bridgehead atoms. The van der Waals surface area contributed by atoms with E-state index in [1.54, 1.807) is 36.4 Å². The molecule has 3 rings (SSSR count). The number of anilines is 2. The number of nitrogens with one attached hydrogen (secondary N) is 1. The number of nitrogens with two attached hydrogens (primary N) is 2. The van der Waals surface area contributed by atoms with Gasteiger partial charge in [0.15, 0.2) is 0 Å². The van der Waals surface area contributed by atoms with Crippen LogP contribution in [0.3, 0.4) is 0 Å². The lowest BCUT2D eigenvalue weighted by Crippen LogP contribution is -2.41. The van der Waals surface area contributed by atoms with Gasteiger partial charge in [-0.1, -0.05) is 29.9 Å². The Bertz CT molecular complexity index is 1680. The minimum absolute atomic E-state index is 0.275. The van der Waals surface area contributed by atoms with Crippen molar-refractivity contribution < 1.29 is 30.7 Å². The predicted octanol–water partition coefficient (Wildman–Crippen LogP) is 1.16. The van der Waals surface area contributed by atoms with Crippen molar-refractivity contribution in [3.63, 3.8) is 0 Å². The molecule has 0 saturated heterocycles. The van der Waals surface area contributed by atoms with Gasteiger partial charge in [0.25, 0.3) is 20.2 Å². The first-order valence-electron chi connectivity index (χ1n) is 10.5. The Morgan fingerprint density at radius 1 is 0.892 bits per heavy atom. The number of hydrogen-bond donors (Lipinski definition) is 5. The van der Waals surface area contributed by atoms with Gasteiger partial charge in [-0.3, -0.25) is 19.2 Å². The third-order valence-corrected chi connectivity index (χ3v) is 8.05. The first kappa shape index (κ1) is 27.3. The Morgan fingerprint density at radius 2 is 1.62 bits per heavy atom. The summed E-state index contributed by atoms with van der Waals surface area (Å²) in [6, 6.07) is 12.4. The van der Waals surface area contributed by atoms with Gasteiger partial charge in [0.2, 0.25) is 6.41 Å². The highest BCUT2D eigenvalue weighted by Crippen LogP contribution is 2.30. The fourth-order valence-corrected chi connectivity index (χ4v) is 6.25.